The van der Waals surface area contributed by atoms with Crippen molar-refractivity contribution in [3.63, 3.8) is 0 Å². The minimum Gasteiger partial charge on any atom is -0.394 e. The third-order valence-electron chi connectivity index (χ3n) is 3.09. The van der Waals surface area contributed by atoms with Crippen molar-refractivity contribution in [2.45, 2.75) is 45.0 Å². The lowest BCUT2D eigenvalue weighted by Crippen LogP contribution is -2.36. The molecule has 0 spiro atoms. The Balaban J connectivity index is 2.29. The number of aliphatic hydroxyl groups is 2. The first-order valence-corrected chi connectivity index (χ1v) is 7.30. The fourth-order valence-corrected chi connectivity index (χ4v) is 1.84. The van der Waals surface area contributed by atoms with Crippen LogP contribution in [0, 0.1) is 0 Å². The van der Waals surface area contributed by atoms with E-state index in [0.717, 1.165) is 24.8 Å². The van der Waals surface area contributed by atoms with Crippen molar-refractivity contribution in [2.75, 3.05) is 19.8 Å². The molecule has 1 rings (SSSR count). The molecule has 1 aromatic rings. The molecule has 4 nitrogen and oxygen atoms in total. The Morgan fingerprint density at radius 3 is 2.55 bits per heavy atom. The molecule has 0 aliphatic heterocycles. The number of rotatable bonds is 11. The van der Waals surface area contributed by atoms with E-state index >= 15 is 0 Å². The van der Waals surface area contributed by atoms with Gasteiger partial charge in [0.1, 0.15) is 12.2 Å². The van der Waals surface area contributed by atoms with E-state index < -0.39 is 12.2 Å². The minimum absolute atomic E-state index is 0.281. The van der Waals surface area contributed by atoms with Crippen molar-refractivity contribution in [3.8, 4) is 0 Å². The van der Waals surface area contributed by atoms with Crippen LogP contribution in [0.2, 0.25) is 0 Å². The Morgan fingerprint density at radius 1 is 1.15 bits per heavy atom. The second kappa shape index (κ2) is 10.8. The molecular weight excluding hydrogens is 256 g/mol. The molecule has 4 heteroatoms. The Kier molecular flexibility index (Phi) is 9.24. The van der Waals surface area contributed by atoms with Gasteiger partial charge in [0.25, 0.3) is 0 Å². The van der Waals surface area contributed by atoms with E-state index in [2.05, 4.69) is 6.92 Å². The number of hydrogen-bond acceptors (Lipinski definition) is 4. The van der Waals surface area contributed by atoms with Gasteiger partial charge in [-0.1, -0.05) is 50.1 Å². The zero-order valence-corrected chi connectivity index (χ0v) is 12.2. The summed E-state index contributed by atoms with van der Waals surface area (Å²) in [5, 5.41) is 18.8. The number of benzene rings is 1. The Morgan fingerprint density at radius 2 is 1.90 bits per heavy atom. The summed E-state index contributed by atoms with van der Waals surface area (Å²) >= 11 is 0. The van der Waals surface area contributed by atoms with Crippen LogP contribution in [-0.4, -0.2) is 42.2 Å². The van der Waals surface area contributed by atoms with Crippen LogP contribution in [0.5, 0.6) is 0 Å². The van der Waals surface area contributed by atoms with Crippen molar-refractivity contribution in [1.82, 2.24) is 0 Å². The summed E-state index contributed by atoms with van der Waals surface area (Å²) in [6.45, 7) is 3.16. The first-order valence-electron chi connectivity index (χ1n) is 7.30. The zero-order chi connectivity index (χ0) is 14.6. The monoisotopic (exact) mass is 282 g/mol. The van der Waals surface area contributed by atoms with E-state index in [1.807, 2.05) is 30.3 Å². The summed E-state index contributed by atoms with van der Waals surface area (Å²) in [5.74, 6) is 0. The molecule has 0 heterocycles. The summed E-state index contributed by atoms with van der Waals surface area (Å²) in [6.07, 6.45) is 1.82. The number of unbranched alkanes of at least 4 members (excludes halogenated alkanes) is 2. The molecule has 0 aliphatic carbocycles. The highest BCUT2D eigenvalue weighted by molar-refractivity contribution is 5.13. The molecule has 0 saturated carbocycles. The average Bonchev–Trinajstić information content (AvgIpc) is 2.50. The summed E-state index contributed by atoms with van der Waals surface area (Å²) in [6, 6.07) is 9.85. The number of ether oxygens (including phenoxy) is 2. The molecule has 114 valence electrons. The highest BCUT2D eigenvalue weighted by Gasteiger charge is 2.19. The van der Waals surface area contributed by atoms with E-state index in [-0.39, 0.29) is 13.2 Å². The van der Waals surface area contributed by atoms with Crippen LogP contribution >= 0.6 is 0 Å². The van der Waals surface area contributed by atoms with Gasteiger partial charge in [0.05, 0.1) is 19.8 Å². The first kappa shape index (κ1) is 17.1. The van der Waals surface area contributed by atoms with Crippen LogP contribution in [-0.2, 0) is 16.1 Å². The van der Waals surface area contributed by atoms with Gasteiger partial charge in [0, 0.05) is 6.61 Å². The Hall–Kier alpha value is -0.940. The molecular formula is C16H26O4. The summed E-state index contributed by atoms with van der Waals surface area (Å²) < 4.78 is 11.2. The van der Waals surface area contributed by atoms with Gasteiger partial charge in [-0.2, -0.15) is 0 Å². The molecule has 0 aromatic heterocycles. The predicted octanol–water partition coefficient (Wildman–Crippen LogP) is 2.13. The van der Waals surface area contributed by atoms with E-state index in [1.54, 1.807) is 0 Å². The van der Waals surface area contributed by atoms with E-state index in [1.165, 1.54) is 0 Å². The fourth-order valence-electron chi connectivity index (χ4n) is 1.84. The lowest BCUT2D eigenvalue weighted by Gasteiger charge is -2.22. The molecule has 0 fully saturated rings. The van der Waals surface area contributed by atoms with Gasteiger partial charge in [0.2, 0.25) is 0 Å². The second-order valence-electron chi connectivity index (χ2n) is 4.87. The SMILES string of the molecule is CCCCCO[C@@H](COCc1ccccc1)[C@H](O)CO. The zero-order valence-electron chi connectivity index (χ0n) is 12.2. The maximum Gasteiger partial charge on any atom is 0.109 e. The largest absolute Gasteiger partial charge is 0.394 e. The molecule has 0 unspecified atom stereocenters. The van der Waals surface area contributed by atoms with Crippen molar-refractivity contribution in [2.24, 2.45) is 0 Å². The van der Waals surface area contributed by atoms with Gasteiger partial charge < -0.3 is 19.7 Å². The smallest absolute Gasteiger partial charge is 0.109 e. The third kappa shape index (κ3) is 7.01. The molecule has 0 radical (unpaired) electrons. The molecule has 0 amide bonds. The van der Waals surface area contributed by atoms with E-state index in [0.29, 0.717) is 13.2 Å². The van der Waals surface area contributed by atoms with Gasteiger partial charge in [0.15, 0.2) is 0 Å². The third-order valence-corrected chi connectivity index (χ3v) is 3.09. The molecule has 2 atom stereocenters. The van der Waals surface area contributed by atoms with Crippen molar-refractivity contribution < 1.29 is 19.7 Å². The molecule has 0 aliphatic rings. The van der Waals surface area contributed by atoms with Crippen LogP contribution < -0.4 is 0 Å². The highest BCUT2D eigenvalue weighted by atomic mass is 16.5. The molecule has 1 aromatic carbocycles. The van der Waals surface area contributed by atoms with E-state index in [4.69, 9.17) is 14.6 Å². The predicted molar refractivity (Wildman–Crippen MR) is 78.5 cm³/mol. The van der Waals surface area contributed by atoms with Gasteiger partial charge in [-0.15, -0.1) is 0 Å². The van der Waals surface area contributed by atoms with Gasteiger partial charge >= 0.3 is 0 Å². The summed E-state index contributed by atoms with van der Waals surface area (Å²) in [4.78, 5) is 0. The summed E-state index contributed by atoms with van der Waals surface area (Å²) in [5.41, 5.74) is 1.08. The lowest BCUT2D eigenvalue weighted by molar-refractivity contribution is -0.0963. The van der Waals surface area contributed by atoms with Gasteiger partial charge in [-0.3, -0.25) is 0 Å². The van der Waals surface area contributed by atoms with Crippen LogP contribution in [0.4, 0.5) is 0 Å². The maximum atomic E-state index is 9.72. The summed E-state index contributed by atoms with van der Waals surface area (Å²) in [7, 11) is 0. The van der Waals surface area contributed by atoms with Crippen LogP contribution in [0.3, 0.4) is 0 Å². The lowest BCUT2D eigenvalue weighted by atomic mass is 10.2. The molecule has 2 N–H and O–H groups in total. The van der Waals surface area contributed by atoms with Gasteiger partial charge in [-0.25, -0.2) is 0 Å². The molecule has 20 heavy (non-hydrogen) atoms. The standard InChI is InChI=1S/C16H26O4/c1-2-3-7-10-20-16(15(18)11-17)13-19-12-14-8-5-4-6-9-14/h4-6,8-9,15-18H,2-3,7,10-13H2,1H3/t15-,16+/m1/s1. The molecule has 0 saturated heterocycles. The van der Waals surface area contributed by atoms with Gasteiger partial charge in [-0.05, 0) is 12.0 Å². The van der Waals surface area contributed by atoms with Crippen LogP contribution in [0.1, 0.15) is 31.7 Å². The van der Waals surface area contributed by atoms with Crippen molar-refractivity contribution in [3.05, 3.63) is 35.9 Å². The minimum atomic E-state index is -0.896. The van der Waals surface area contributed by atoms with E-state index in [9.17, 15) is 5.11 Å². The number of aliphatic hydroxyl groups excluding tert-OH is 2. The topological polar surface area (TPSA) is 58.9 Å². The Bertz CT molecular complexity index is 329. The fraction of sp³-hybridized carbons (Fsp3) is 0.625. The van der Waals surface area contributed by atoms with Crippen molar-refractivity contribution in [1.29, 1.82) is 0 Å². The quantitative estimate of drug-likeness (QED) is 0.610. The normalized spacial score (nSPS) is 14.2. The van der Waals surface area contributed by atoms with Crippen LogP contribution in [0.15, 0.2) is 30.3 Å². The maximum absolute atomic E-state index is 9.72. The average molecular weight is 282 g/mol. The first-order chi connectivity index (χ1) is 9.77. The highest BCUT2D eigenvalue weighted by Crippen LogP contribution is 2.06. The Labute approximate surface area is 121 Å². The van der Waals surface area contributed by atoms with Crippen molar-refractivity contribution >= 4 is 0 Å². The second-order valence-corrected chi connectivity index (χ2v) is 4.87. The molecule has 0 bridgehead atoms. The van der Waals surface area contributed by atoms with Crippen LogP contribution in [0.25, 0.3) is 0 Å². The number of hydrogen-bond donors (Lipinski definition) is 2.